The zero-order valence-corrected chi connectivity index (χ0v) is 10.1. The lowest BCUT2D eigenvalue weighted by Gasteiger charge is -2.17. The van der Waals surface area contributed by atoms with Crippen LogP contribution in [-0.2, 0) is 0 Å². The monoisotopic (exact) mass is 263 g/mol. The van der Waals surface area contributed by atoms with Gasteiger partial charge in [0.25, 0.3) is 5.91 Å². The standard InChI is InChI=1S/C13H11F2N3O/c1-18(10-4-2-3-7-17-10)13(19)11-8(14)5-6-9(16)12(11)15/h2-7H,16H2,1H3. The molecule has 0 aliphatic heterocycles. The van der Waals surface area contributed by atoms with Crippen molar-refractivity contribution in [1.82, 2.24) is 4.98 Å². The maximum atomic E-state index is 13.8. The second kappa shape index (κ2) is 5.01. The van der Waals surface area contributed by atoms with Crippen molar-refractivity contribution in [2.24, 2.45) is 0 Å². The van der Waals surface area contributed by atoms with E-state index in [4.69, 9.17) is 5.73 Å². The third kappa shape index (κ3) is 2.37. The first-order chi connectivity index (χ1) is 9.02. The van der Waals surface area contributed by atoms with Crippen LogP contribution >= 0.6 is 0 Å². The van der Waals surface area contributed by atoms with Crippen LogP contribution in [0.4, 0.5) is 20.3 Å². The fourth-order valence-electron chi connectivity index (χ4n) is 1.59. The van der Waals surface area contributed by atoms with Gasteiger partial charge in [0, 0.05) is 13.2 Å². The first-order valence-corrected chi connectivity index (χ1v) is 5.45. The maximum absolute atomic E-state index is 13.8. The van der Waals surface area contributed by atoms with E-state index in [2.05, 4.69) is 4.98 Å². The molecule has 1 heterocycles. The van der Waals surface area contributed by atoms with Gasteiger partial charge in [-0.15, -0.1) is 0 Å². The number of nitrogens with zero attached hydrogens (tertiary/aromatic N) is 2. The van der Waals surface area contributed by atoms with Gasteiger partial charge in [-0.25, -0.2) is 13.8 Å². The number of anilines is 2. The molecule has 0 aliphatic rings. The molecule has 6 heteroatoms. The zero-order chi connectivity index (χ0) is 14.0. The number of hydrogen-bond acceptors (Lipinski definition) is 3. The van der Waals surface area contributed by atoms with Crippen LogP contribution < -0.4 is 10.6 Å². The SMILES string of the molecule is CN(C(=O)c1c(F)ccc(N)c1F)c1ccccn1. The average Bonchev–Trinajstić information content (AvgIpc) is 2.43. The topological polar surface area (TPSA) is 59.2 Å². The summed E-state index contributed by atoms with van der Waals surface area (Å²) in [5.74, 6) is -2.58. The highest BCUT2D eigenvalue weighted by molar-refractivity contribution is 6.06. The van der Waals surface area contributed by atoms with E-state index in [0.29, 0.717) is 0 Å². The van der Waals surface area contributed by atoms with Crippen molar-refractivity contribution < 1.29 is 13.6 Å². The van der Waals surface area contributed by atoms with Crippen LogP contribution in [0.15, 0.2) is 36.5 Å². The number of rotatable bonds is 2. The summed E-state index contributed by atoms with van der Waals surface area (Å²) < 4.78 is 27.3. The Morgan fingerprint density at radius 1 is 1.26 bits per heavy atom. The summed E-state index contributed by atoms with van der Waals surface area (Å²) in [7, 11) is 1.38. The van der Waals surface area contributed by atoms with Gasteiger partial charge in [0.05, 0.1) is 5.69 Å². The summed E-state index contributed by atoms with van der Waals surface area (Å²) >= 11 is 0. The highest BCUT2D eigenvalue weighted by Crippen LogP contribution is 2.21. The molecule has 2 rings (SSSR count). The smallest absolute Gasteiger partial charge is 0.265 e. The zero-order valence-electron chi connectivity index (χ0n) is 10.1. The molecule has 19 heavy (non-hydrogen) atoms. The van der Waals surface area contributed by atoms with E-state index in [1.165, 1.54) is 13.2 Å². The molecule has 0 fully saturated rings. The third-order valence-corrected chi connectivity index (χ3v) is 2.63. The van der Waals surface area contributed by atoms with E-state index in [0.717, 1.165) is 17.0 Å². The molecule has 1 amide bonds. The second-order valence-electron chi connectivity index (χ2n) is 3.88. The largest absolute Gasteiger partial charge is 0.396 e. The molecular formula is C13H11F2N3O. The molecule has 0 unspecified atom stereocenters. The lowest BCUT2D eigenvalue weighted by molar-refractivity contribution is 0.0984. The number of carbonyl (C=O) groups is 1. The van der Waals surface area contributed by atoms with E-state index >= 15 is 0 Å². The van der Waals surface area contributed by atoms with E-state index in [1.54, 1.807) is 18.2 Å². The minimum Gasteiger partial charge on any atom is -0.396 e. The molecule has 1 aromatic heterocycles. The normalized spacial score (nSPS) is 10.3. The first-order valence-electron chi connectivity index (χ1n) is 5.45. The molecule has 2 N–H and O–H groups in total. The molecule has 0 bridgehead atoms. The van der Waals surface area contributed by atoms with Crippen molar-refractivity contribution in [3.63, 3.8) is 0 Å². The quantitative estimate of drug-likeness (QED) is 0.845. The summed E-state index contributed by atoms with van der Waals surface area (Å²) in [6.07, 6.45) is 1.48. The molecule has 0 radical (unpaired) electrons. The summed E-state index contributed by atoms with van der Waals surface area (Å²) in [4.78, 5) is 17.1. The van der Waals surface area contributed by atoms with Gasteiger partial charge in [0.15, 0.2) is 5.82 Å². The number of aromatic nitrogens is 1. The second-order valence-corrected chi connectivity index (χ2v) is 3.88. The van der Waals surface area contributed by atoms with Gasteiger partial charge in [-0.3, -0.25) is 9.69 Å². The van der Waals surface area contributed by atoms with Gasteiger partial charge < -0.3 is 5.73 Å². The number of carbonyl (C=O) groups excluding carboxylic acids is 1. The van der Waals surface area contributed by atoms with Crippen LogP contribution in [0, 0.1) is 11.6 Å². The van der Waals surface area contributed by atoms with E-state index in [1.807, 2.05) is 0 Å². The van der Waals surface area contributed by atoms with Gasteiger partial charge in [0.1, 0.15) is 17.2 Å². The van der Waals surface area contributed by atoms with Crippen molar-refractivity contribution in [2.75, 3.05) is 17.7 Å². The Kier molecular flexibility index (Phi) is 3.41. The number of nitrogen functional groups attached to an aromatic ring is 1. The summed E-state index contributed by atoms with van der Waals surface area (Å²) in [5.41, 5.74) is 4.37. The molecule has 98 valence electrons. The number of amides is 1. The minimum absolute atomic E-state index is 0.279. The summed E-state index contributed by atoms with van der Waals surface area (Å²) in [5, 5.41) is 0. The van der Waals surface area contributed by atoms with Crippen LogP contribution in [0.5, 0.6) is 0 Å². The molecule has 4 nitrogen and oxygen atoms in total. The Morgan fingerprint density at radius 2 is 2.00 bits per heavy atom. The fraction of sp³-hybridized carbons (Fsp3) is 0.0769. The fourth-order valence-corrected chi connectivity index (χ4v) is 1.59. The van der Waals surface area contributed by atoms with Crippen LogP contribution in [-0.4, -0.2) is 17.9 Å². The Morgan fingerprint density at radius 3 is 2.63 bits per heavy atom. The van der Waals surface area contributed by atoms with Gasteiger partial charge in [0.2, 0.25) is 0 Å². The summed E-state index contributed by atoms with van der Waals surface area (Å²) in [6, 6.07) is 6.92. The molecule has 0 aliphatic carbocycles. The molecule has 2 aromatic rings. The van der Waals surface area contributed by atoms with E-state index < -0.39 is 23.1 Å². The van der Waals surface area contributed by atoms with E-state index in [9.17, 15) is 13.6 Å². The Balaban J connectivity index is 2.43. The number of halogens is 2. The average molecular weight is 263 g/mol. The Bertz CT molecular complexity index is 617. The molecule has 0 saturated heterocycles. The maximum Gasteiger partial charge on any atom is 0.265 e. The van der Waals surface area contributed by atoms with Gasteiger partial charge in [-0.2, -0.15) is 0 Å². The third-order valence-electron chi connectivity index (χ3n) is 2.63. The Labute approximate surface area is 108 Å². The first kappa shape index (κ1) is 12.9. The number of hydrogen-bond donors (Lipinski definition) is 1. The predicted octanol–water partition coefficient (Wildman–Crippen LogP) is 2.22. The highest BCUT2D eigenvalue weighted by Gasteiger charge is 2.23. The van der Waals surface area contributed by atoms with Crippen molar-refractivity contribution in [2.45, 2.75) is 0 Å². The lowest BCUT2D eigenvalue weighted by Crippen LogP contribution is -2.29. The van der Waals surface area contributed by atoms with Crippen molar-refractivity contribution >= 4 is 17.4 Å². The number of pyridine rings is 1. The predicted molar refractivity (Wildman–Crippen MR) is 67.7 cm³/mol. The molecular weight excluding hydrogens is 252 g/mol. The van der Waals surface area contributed by atoms with Crippen molar-refractivity contribution in [3.8, 4) is 0 Å². The lowest BCUT2D eigenvalue weighted by atomic mass is 10.1. The Hall–Kier alpha value is -2.50. The van der Waals surface area contributed by atoms with E-state index in [-0.39, 0.29) is 11.5 Å². The van der Waals surface area contributed by atoms with Crippen molar-refractivity contribution in [1.29, 1.82) is 0 Å². The number of nitrogens with two attached hydrogens (primary N) is 1. The van der Waals surface area contributed by atoms with Crippen LogP contribution in [0.25, 0.3) is 0 Å². The minimum atomic E-state index is -1.06. The molecule has 0 saturated carbocycles. The molecule has 1 aromatic carbocycles. The van der Waals surface area contributed by atoms with Crippen molar-refractivity contribution in [3.05, 3.63) is 53.7 Å². The number of benzene rings is 1. The highest BCUT2D eigenvalue weighted by atomic mass is 19.1. The van der Waals surface area contributed by atoms with Crippen LogP contribution in [0.1, 0.15) is 10.4 Å². The molecule has 0 atom stereocenters. The van der Waals surface area contributed by atoms with Gasteiger partial charge in [-0.1, -0.05) is 6.07 Å². The summed E-state index contributed by atoms with van der Waals surface area (Å²) in [6.45, 7) is 0. The van der Waals surface area contributed by atoms with Crippen LogP contribution in [0.2, 0.25) is 0 Å². The van der Waals surface area contributed by atoms with Gasteiger partial charge >= 0.3 is 0 Å². The molecule has 0 spiro atoms. The van der Waals surface area contributed by atoms with Crippen LogP contribution in [0.3, 0.4) is 0 Å². The van der Waals surface area contributed by atoms with Gasteiger partial charge in [-0.05, 0) is 24.3 Å².